The largest absolute Gasteiger partial charge is 0.360 e. The van der Waals surface area contributed by atoms with Crippen LogP contribution in [0.4, 0.5) is 0 Å². The molecule has 0 saturated heterocycles. The molecule has 1 aliphatic carbocycles. The van der Waals surface area contributed by atoms with Gasteiger partial charge in [0.05, 0.1) is 18.4 Å². The Morgan fingerprint density at radius 2 is 2.24 bits per heavy atom. The number of aromatic amines is 1. The average Bonchev–Trinajstić information content (AvgIpc) is 2.97. The van der Waals surface area contributed by atoms with Gasteiger partial charge in [-0.25, -0.2) is 13.1 Å². The third kappa shape index (κ3) is 3.49. The number of aryl methyl sites for hydroxylation is 1. The molecule has 0 aliphatic heterocycles. The quantitative estimate of drug-likeness (QED) is 0.684. The van der Waals surface area contributed by atoms with Crippen LogP contribution in [0, 0.1) is 6.92 Å². The Morgan fingerprint density at radius 3 is 2.90 bits per heavy atom. The maximum absolute atomic E-state index is 12.3. The molecule has 1 fully saturated rings. The van der Waals surface area contributed by atoms with E-state index in [0.717, 1.165) is 12.8 Å². The highest BCUT2D eigenvalue weighted by atomic mass is 32.2. The summed E-state index contributed by atoms with van der Waals surface area (Å²) < 4.78 is 32.0. The molecule has 0 bridgehead atoms. The fourth-order valence-electron chi connectivity index (χ4n) is 1.94. The van der Waals surface area contributed by atoms with Crippen LogP contribution in [0.15, 0.2) is 21.8 Å². The van der Waals surface area contributed by atoms with E-state index in [0.29, 0.717) is 29.6 Å². The number of H-pyrrole nitrogens is 1. The van der Waals surface area contributed by atoms with Crippen LogP contribution in [0.2, 0.25) is 0 Å². The first-order valence-corrected chi connectivity index (χ1v) is 8.20. The third-order valence-electron chi connectivity index (χ3n) is 3.22. The van der Waals surface area contributed by atoms with E-state index >= 15 is 0 Å². The minimum Gasteiger partial charge on any atom is -0.360 e. The van der Waals surface area contributed by atoms with Crippen molar-refractivity contribution >= 4 is 10.0 Å². The number of rotatable bonds is 7. The average molecular weight is 311 g/mol. The topological polar surface area (TPSA) is 113 Å². The lowest BCUT2D eigenvalue weighted by Crippen LogP contribution is -2.25. The molecule has 2 heterocycles. The third-order valence-corrected chi connectivity index (χ3v) is 4.63. The molecule has 1 saturated carbocycles. The Morgan fingerprint density at radius 1 is 1.43 bits per heavy atom. The van der Waals surface area contributed by atoms with E-state index in [1.807, 2.05) is 0 Å². The van der Waals surface area contributed by atoms with E-state index < -0.39 is 10.0 Å². The molecule has 0 aromatic carbocycles. The molecule has 8 nitrogen and oxygen atoms in total. The molecular weight excluding hydrogens is 294 g/mol. The Bertz CT molecular complexity index is 717. The van der Waals surface area contributed by atoms with Crippen molar-refractivity contribution in [3.63, 3.8) is 0 Å². The van der Waals surface area contributed by atoms with Crippen molar-refractivity contribution in [2.75, 3.05) is 0 Å². The molecule has 21 heavy (non-hydrogen) atoms. The fraction of sp³-hybridized carbons (Fsp3) is 0.500. The molecule has 2 aromatic rings. The number of nitrogens with one attached hydrogen (secondary N) is 3. The summed E-state index contributed by atoms with van der Waals surface area (Å²) in [4.78, 5) is 0. The number of aromatic nitrogens is 3. The Kier molecular flexibility index (Phi) is 3.79. The van der Waals surface area contributed by atoms with Gasteiger partial charge in [-0.3, -0.25) is 5.10 Å². The Hall–Kier alpha value is -1.71. The first-order valence-electron chi connectivity index (χ1n) is 6.72. The van der Waals surface area contributed by atoms with E-state index in [-0.39, 0.29) is 11.6 Å². The van der Waals surface area contributed by atoms with Gasteiger partial charge in [0.25, 0.3) is 10.0 Å². The summed E-state index contributed by atoms with van der Waals surface area (Å²) in [5, 5.41) is 13.4. The highest BCUT2D eigenvalue weighted by Gasteiger charge is 2.24. The summed E-state index contributed by atoms with van der Waals surface area (Å²) in [7, 11) is -3.66. The zero-order valence-corrected chi connectivity index (χ0v) is 12.4. The molecule has 0 radical (unpaired) electrons. The molecule has 9 heteroatoms. The number of hydrogen-bond acceptors (Lipinski definition) is 6. The summed E-state index contributed by atoms with van der Waals surface area (Å²) in [6, 6.07) is 2.19. The van der Waals surface area contributed by atoms with Gasteiger partial charge in [0.1, 0.15) is 0 Å². The molecule has 0 spiro atoms. The second kappa shape index (κ2) is 5.58. The van der Waals surface area contributed by atoms with Crippen LogP contribution in [0.25, 0.3) is 0 Å². The zero-order chi connectivity index (χ0) is 14.9. The van der Waals surface area contributed by atoms with Gasteiger partial charge in [0.2, 0.25) is 0 Å². The lowest BCUT2D eigenvalue weighted by atomic mass is 10.3. The molecule has 2 aromatic heterocycles. The van der Waals surface area contributed by atoms with Crippen LogP contribution >= 0.6 is 0 Å². The molecular formula is C12H17N5O3S. The minimum atomic E-state index is -3.66. The summed E-state index contributed by atoms with van der Waals surface area (Å²) >= 11 is 0. The van der Waals surface area contributed by atoms with E-state index in [1.54, 1.807) is 13.0 Å². The molecule has 3 N–H and O–H groups in total. The maximum atomic E-state index is 12.3. The number of sulfonamides is 1. The highest BCUT2D eigenvalue weighted by Crippen LogP contribution is 2.20. The van der Waals surface area contributed by atoms with Gasteiger partial charge < -0.3 is 9.84 Å². The zero-order valence-electron chi connectivity index (χ0n) is 11.6. The second-order valence-electron chi connectivity index (χ2n) is 5.14. The van der Waals surface area contributed by atoms with Crippen LogP contribution in [-0.4, -0.2) is 29.8 Å². The van der Waals surface area contributed by atoms with Crippen molar-refractivity contribution < 1.29 is 12.9 Å². The van der Waals surface area contributed by atoms with Gasteiger partial charge in [-0.1, -0.05) is 5.16 Å². The van der Waals surface area contributed by atoms with Gasteiger partial charge in [-0.2, -0.15) is 5.10 Å². The van der Waals surface area contributed by atoms with Crippen LogP contribution in [-0.2, 0) is 23.1 Å². The molecule has 1 aliphatic rings. The summed E-state index contributed by atoms with van der Waals surface area (Å²) in [6.45, 7) is 2.31. The second-order valence-corrected chi connectivity index (χ2v) is 6.84. The van der Waals surface area contributed by atoms with Crippen LogP contribution in [0.3, 0.4) is 0 Å². The molecule has 0 amide bonds. The molecule has 0 unspecified atom stereocenters. The van der Waals surface area contributed by atoms with Gasteiger partial charge in [-0.15, -0.1) is 0 Å². The number of hydrogen-bond donors (Lipinski definition) is 3. The van der Waals surface area contributed by atoms with Crippen molar-refractivity contribution in [3.8, 4) is 0 Å². The van der Waals surface area contributed by atoms with E-state index in [4.69, 9.17) is 4.52 Å². The van der Waals surface area contributed by atoms with Gasteiger partial charge in [0.15, 0.2) is 10.8 Å². The summed E-state index contributed by atoms with van der Waals surface area (Å²) in [5.74, 6) is 0.466. The Balaban J connectivity index is 1.67. The predicted octanol–water partition coefficient (Wildman–Crippen LogP) is 0.437. The monoisotopic (exact) mass is 311 g/mol. The van der Waals surface area contributed by atoms with Crippen LogP contribution in [0.5, 0.6) is 0 Å². The van der Waals surface area contributed by atoms with Gasteiger partial charge in [0, 0.05) is 24.2 Å². The molecule has 0 atom stereocenters. The van der Waals surface area contributed by atoms with Gasteiger partial charge >= 0.3 is 0 Å². The fourth-order valence-corrected chi connectivity index (χ4v) is 3.06. The standard InChI is InChI=1S/C12H17N5O3S/c1-8-4-11(20-17-8)7-15-21(18,19)12-9(6-14-16-12)5-13-10-2-3-10/h4,6,10,13,15H,2-3,5,7H2,1H3,(H,14,16). The van der Waals surface area contributed by atoms with E-state index in [2.05, 4.69) is 25.4 Å². The minimum absolute atomic E-state index is 0.0533. The highest BCUT2D eigenvalue weighted by molar-refractivity contribution is 7.89. The van der Waals surface area contributed by atoms with E-state index in [9.17, 15) is 8.42 Å². The van der Waals surface area contributed by atoms with Crippen molar-refractivity contribution in [1.29, 1.82) is 0 Å². The summed E-state index contributed by atoms with van der Waals surface area (Å²) in [5.41, 5.74) is 1.34. The van der Waals surface area contributed by atoms with Gasteiger partial charge in [-0.05, 0) is 19.8 Å². The van der Waals surface area contributed by atoms with Crippen LogP contribution in [0.1, 0.15) is 29.9 Å². The van der Waals surface area contributed by atoms with Crippen molar-refractivity contribution in [1.82, 2.24) is 25.4 Å². The first-order chi connectivity index (χ1) is 10.0. The van der Waals surface area contributed by atoms with Crippen molar-refractivity contribution in [2.45, 2.75) is 43.9 Å². The predicted molar refractivity (Wildman–Crippen MR) is 73.7 cm³/mol. The molecule has 3 rings (SSSR count). The first kappa shape index (κ1) is 14.2. The summed E-state index contributed by atoms with van der Waals surface area (Å²) in [6.07, 6.45) is 3.81. The lowest BCUT2D eigenvalue weighted by molar-refractivity contribution is 0.377. The van der Waals surface area contributed by atoms with Crippen molar-refractivity contribution in [2.24, 2.45) is 0 Å². The Labute approximate surface area is 122 Å². The number of nitrogens with zero attached hydrogens (tertiary/aromatic N) is 2. The maximum Gasteiger partial charge on any atom is 0.258 e. The normalized spacial score (nSPS) is 15.5. The molecule has 114 valence electrons. The lowest BCUT2D eigenvalue weighted by Gasteiger charge is -2.06. The smallest absolute Gasteiger partial charge is 0.258 e. The SMILES string of the molecule is Cc1cc(CNS(=O)(=O)c2[nH]ncc2CNC2CC2)on1. The van der Waals surface area contributed by atoms with Crippen LogP contribution < -0.4 is 10.0 Å². The van der Waals surface area contributed by atoms with Crippen molar-refractivity contribution in [3.05, 3.63) is 29.3 Å². The van der Waals surface area contributed by atoms with E-state index in [1.165, 1.54) is 6.20 Å².